The van der Waals surface area contributed by atoms with E-state index in [4.69, 9.17) is 23.7 Å². The molecule has 13 nitrogen and oxygen atoms in total. The van der Waals surface area contributed by atoms with Gasteiger partial charge in [0.2, 0.25) is 12.2 Å². The summed E-state index contributed by atoms with van der Waals surface area (Å²) in [7, 11) is 0. The molecular formula is C32H37F2NO12. The van der Waals surface area contributed by atoms with E-state index in [9.17, 15) is 44.2 Å². The number of aliphatic hydroxyl groups excluding tert-OH is 4. The zero-order valence-corrected chi connectivity index (χ0v) is 25.6. The van der Waals surface area contributed by atoms with Crippen LogP contribution in [0.2, 0.25) is 0 Å². The largest absolute Gasteiger partial charge is 0.504 e. The molecule has 0 unspecified atom stereocenters. The molecule has 5 rings (SSSR count). The topological polar surface area (TPSA) is 197 Å². The normalized spacial score (nSPS) is 34.2. The fraction of sp³-hybridized carbons (Fsp3) is 0.469. The summed E-state index contributed by atoms with van der Waals surface area (Å²) < 4.78 is 54.0. The maximum atomic E-state index is 13.4. The van der Waals surface area contributed by atoms with Gasteiger partial charge in [-0.2, -0.15) is 0 Å². The van der Waals surface area contributed by atoms with E-state index in [-0.39, 0.29) is 36.2 Å². The Kier molecular flexibility index (Phi) is 10.2. The number of rotatable bonds is 9. The number of hydrogen-bond acceptors (Lipinski definition) is 12. The predicted octanol–water partition coefficient (Wildman–Crippen LogP) is 0.637. The monoisotopic (exact) mass is 665 g/mol. The lowest BCUT2D eigenvalue weighted by Crippen LogP contribution is -2.67. The SMILES string of the molecule is CC(=Cc1ccc(O[C@@H]2O[C@H](C(C)=CCOc3ccc(F)c(F)c3)[C@@H](O)[C@@]2(C)O)c(O)c1)C(=O)N[C@@H]1[C@H](O)[C@@H](O)[C@H]2OCO[C@H]2[C@@H]1O. The molecule has 2 aromatic carbocycles. The number of aromatic hydroxyl groups is 1. The molecule has 3 aliphatic rings. The lowest BCUT2D eigenvalue weighted by molar-refractivity contribution is -0.155. The van der Waals surface area contributed by atoms with Gasteiger partial charge in [0.1, 0.15) is 61.9 Å². The zero-order valence-electron chi connectivity index (χ0n) is 25.6. The maximum absolute atomic E-state index is 13.4. The summed E-state index contributed by atoms with van der Waals surface area (Å²) in [6, 6.07) is 6.01. The van der Waals surface area contributed by atoms with Crippen LogP contribution in [-0.2, 0) is 19.0 Å². The third-order valence-electron chi connectivity index (χ3n) is 8.49. The van der Waals surface area contributed by atoms with Crippen LogP contribution < -0.4 is 14.8 Å². The highest BCUT2D eigenvalue weighted by Gasteiger charge is 2.55. The number of carbonyl (C=O) groups excluding carboxylic acids is 1. The van der Waals surface area contributed by atoms with Crippen molar-refractivity contribution in [2.24, 2.45) is 0 Å². The van der Waals surface area contributed by atoms with Crippen molar-refractivity contribution in [1.29, 1.82) is 0 Å². The highest BCUT2D eigenvalue weighted by atomic mass is 19.2. The Bertz CT molecular complexity index is 1530. The zero-order chi connectivity index (χ0) is 34.2. The summed E-state index contributed by atoms with van der Waals surface area (Å²) in [5, 5.41) is 66.3. The lowest BCUT2D eigenvalue weighted by Gasteiger charge is -2.41. The van der Waals surface area contributed by atoms with Gasteiger partial charge in [-0.25, -0.2) is 8.78 Å². The fourth-order valence-electron chi connectivity index (χ4n) is 5.62. The third kappa shape index (κ3) is 7.12. The quantitative estimate of drug-likeness (QED) is 0.146. The van der Waals surface area contributed by atoms with Gasteiger partial charge in [0, 0.05) is 11.6 Å². The summed E-state index contributed by atoms with van der Waals surface area (Å²) >= 11 is 0. The number of fused-ring (bicyclic) bond motifs is 1. The molecule has 2 saturated heterocycles. The Labute approximate surface area is 268 Å². The van der Waals surface area contributed by atoms with Gasteiger partial charge >= 0.3 is 0 Å². The molecule has 0 bridgehead atoms. The van der Waals surface area contributed by atoms with Crippen LogP contribution in [0.25, 0.3) is 6.08 Å². The van der Waals surface area contributed by atoms with E-state index in [0.29, 0.717) is 11.1 Å². The molecule has 1 amide bonds. The summed E-state index contributed by atoms with van der Waals surface area (Å²) in [5.74, 6) is -3.11. The van der Waals surface area contributed by atoms with E-state index in [1.54, 1.807) is 6.92 Å². The number of benzene rings is 2. The van der Waals surface area contributed by atoms with Crippen LogP contribution in [0, 0.1) is 11.6 Å². The van der Waals surface area contributed by atoms with Crippen LogP contribution in [0.5, 0.6) is 17.2 Å². The summed E-state index contributed by atoms with van der Waals surface area (Å²) in [4.78, 5) is 12.9. The molecule has 0 aromatic heterocycles. The smallest absolute Gasteiger partial charge is 0.247 e. The molecule has 2 aromatic rings. The van der Waals surface area contributed by atoms with Crippen LogP contribution in [0.4, 0.5) is 8.78 Å². The number of aliphatic hydroxyl groups is 5. The van der Waals surface area contributed by atoms with Crippen molar-refractivity contribution in [3.8, 4) is 17.2 Å². The number of carbonyl (C=O) groups is 1. The van der Waals surface area contributed by atoms with E-state index in [1.807, 2.05) is 0 Å². The van der Waals surface area contributed by atoms with Crippen LogP contribution in [0.3, 0.4) is 0 Å². The number of phenolic OH excluding ortho intramolecular Hbond substituents is 1. The second kappa shape index (κ2) is 13.8. The number of nitrogens with one attached hydrogen (secondary N) is 1. The number of halogens is 2. The fourth-order valence-corrected chi connectivity index (χ4v) is 5.62. The van der Waals surface area contributed by atoms with Crippen molar-refractivity contribution in [2.45, 2.75) is 81.4 Å². The van der Waals surface area contributed by atoms with E-state index >= 15 is 0 Å². The van der Waals surface area contributed by atoms with E-state index in [2.05, 4.69) is 5.32 Å². The molecule has 2 heterocycles. The van der Waals surface area contributed by atoms with Crippen molar-refractivity contribution >= 4 is 12.0 Å². The van der Waals surface area contributed by atoms with Crippen molar-refractivity contribution in [1.82, 2.24) is 5.32 Å². The Morgan fingerprint density at radius 3 is 2.40 bits per heavy atom. The molecular weight excluding hydrogens is 628 g/mol. The average molecular weight is 666 g/mol. The van der Waals surface area contributed by atoms with Gasteiger partial charge in [0.05, 0.1) is 6.04 Å². The van der Waals surface area contributed by atoms with Crippen molar-refractivity contribution in [3.63, 3.8) is 0 Å². The second-order valence-electron chi connectivity index (χ2n) is 11.9. The molecule has 15 heteroatoms. The van der Waals surface area contributed by atoms with Crippen LogP contribution >= 0.6 is 0 Å². The molecule has 10 atom stereocenters. The first-order valence-electron chi connectivity index (χ1n) is 14.8. The Morgan fingerprint density at radius 1 is 1.02 bits per heavy atom. The molecule has 47 heavy (non-hydrogen) atoms. The highest BCUT2D eigenvalue weighted by Crippen LogP contribution is 2.38. The summed E-state index contributed by atoms with van der Waals surface area (Å²) in [6.45, 7) is 4.15. The minimum absolute atomic E-state index is 0.0709. The number of ether oxygens (including phenoxy) is 5. The number of hydrogen-bond donors (Lipinski definition) is 7. The van der Waals surface area contributed by atoms with Gasteiger partial charge in [-0.1, -0.05) is 6.07 Å². The van der Waals surface area contributed by atoms with Gasteiger partial charge in [-0.3, -0.25) is 4.79 Å². The average Bonchev–Trinajstić information content (AvgIpc) is 3.60. The van der Waals surface area contributed by atoms with Crippen LogP contribution in [-0.4, -0.2) is 111 Å². The molecule has 3 fully saturated rings. The standard InChI is InChI=1S/C32H37F2NO12/c1-14(8-9-43-17-5-6-18(33)19(34)12-17)26-29(40)32(3,42)31(47-26)46-21-7-4-16(11-20(21)36)10-15(2)30(41)35-22-23(37)25(39)28-27(24(22)38)44-13-45-28/h4-8,10-12,22-29,31,36-40,42H,9,13H2,1-3H3,(H,35,41)/t22-,23+,24-,25-,26-,27+,28-,29-,31-,32-/m1/s1. The van der Waals surface area contributed by atoms with E-state index < -0.39 is 78.2 Å². The molecule has 0 spiro atoms. The first kappa shape index (κ1) is 34.7. The Morgan fingerprint density at radius 2 is 1.72 bits per heavy atom. The minimum atomic E-state index is -1.92. The van der Waals surface area contributed by atoms with E-state index in [0.717, 1.165) is 12.1 Å². The number of amides is 1. The molecule has 1 aliphatic carbocycles. The number of phenols is 1. The van der Waals surface area contributed by atoms with Gasteiger partial charge in [-0.05, 0) is 68.3 Å². The van der Waals surface area contributed by atoms with Crippen molar-refractivity contribution < 1.29 is 67.9 Å². The molecule has 1 saturated carbocycles. The van der Waals surface area contributed by atoms with Crippen LogP contribution in [0.15, 0.2) is 53.6 Å². The predicted molar refractivity (Wildman–Crippen MR) is 158 cm³/mol. The Hall–Kier alpha value is -3.67. The van der Waals surface area contributed by atoms with Gasteiger partial charge in [0.25, 0.3) is 0 Å². The second-order valence-corrected chi connectivity index (χ2v) is 11.9. The minimum Gasteiger partial charge on any atom is -0.504 e. The van der Waals surface area contributed by atoms with Gasteiger partial charge in [-0.15, -0.1) is 0 Å². The lowest BCUT2D eigenvalue weighted by atomic mass is 9.83. The van der Waals surface area contributed by atoms with Crippen LogP contribution in [0.1, 0.15) is 26.3 Å². The van der Waals surface area contributed by atoms with E-state index in [1.165, 1.54) is 50.3 Å². The highest BCUT2D eigenvalue weighted by molar-refractivity contribution is 5.97. The molecule has 0 radical (unpaired) electrons. The molecule has 7 N–H and O–H groups in total. The third-order valence-corrected chi connectivity index (χ3v) is 8.49. The molecule has 256 valence electrons. The summed E-state index contributed by atoms with van der Waals surface area (Å²) in [6.07, 6.45) is -7.04. The van der Waals surface area contributed by atoms with Crippen molar-refractivity contribution in [3.05, 3.63) is 70.8 Å². The van der Waals surface area contributed by atoms with Crippen molar-refractivity contribution in [2.75, 3.05) is 13.4 Å². The Balaban J connectivity index is 1.20. The van der Waals surface area contributed by atoms with Gasteiger partial charge in [0.15, 0.2) is 28.7 Å². The summed E-state index contributed by atoms with van der Waals surface area (Å²) in [5.41, 5.74) is -0.951. The maximum Gasteiger partial charge on any atom is 0.247 e. The first-order chi connectivity index (χ1) is 22.2. The first-order valence-corrected chi connectivity index (χ1v) is 14.8. The van der Waals surface area contributed by atoms with Gasteiger partial charge < -0.3 is 59.6 Å². The molecule has 2 aliphatic heterocycles.